The SMILES string of the molecule is Cl.Nc1ccc2c(c1)OCCOCCOCCOCCOCCO2. The number of anilines is 1. The van der Waals surface area contributed by atoms with Crippen LogP contribution in [0.4, 0.5) is 5.69 Å². The van der Waals surface area contributed by atoms with Gasteiger partial charge in [-0.15, -0.1) is 12.4 Å². The monoisotopic (exact) mass is 363 g/mol. The molecule has 0 spiro atoms. The molecule has 2 N–H and O–H groups in total. The summed E-state index contributed by atoms with van der Waals surface area (Å²) in [7, 11) is 0. The molecule has 1 aliphatic rings. The second-order valence-electron chi connectivity index (χ2n) is 4.85. The molecule has 0 unspecified atom stereocenters. The number of nitrogen functional groups attached to an aromatic ring is 1. The van der Waals surface area contributed by atoms with E-state index in [0.29, 0.717) is 83.3 Å². The maximum Gasteiger partial charge on any atom is 0.163 e. The molecule has 8 heteroatoms. The van der Waals surface area contributed by atoms with Gasteiger partial charge in [0.15, 0.2) is 11.5 Å². The number of hydrogen-bond acceptors (Lipinski definition) is 7. The first-order valence-corrected chi connectivity index (χ1v) is 7.82. The fraction of sp³-hybridized carbons (Fsp3) is 0.625. The molecular formula is C16H26ClNO6. The van der Waals surface area contributed by atoms with Gasteiger partial charge in [-0.05, 0) is 12.1 Å². The first-order valence-electron chi connectivity index (χ1n) is 7.82. The Hall–Kier alpha value is -1.25. The summed E-state index contributed by atoms with van der Waals surface area (Å²) in [6.07, 6.45) is 0. The third-order valence-corrected chi connectivity index (χ3v) is 3.05. The van der Waals surface area contributed by atoms with Crippen LogP contribution in [0.2, 0.25) is 0 Å². The smallest absolute Gasteiger partial charge is 0.163 e. The Balaban J connectivity index is 0.00000288. The lowest BCUT2D eigenvalue weighted by molar-refractivity contribution is -0.00841. The van der Waals surface area contributed by atoms with Crippen molar-refractivity contribution in [3.05, 3.63) is 18.2 Å². The van der Waals surface area contributed by atoms with E-state index < -0.39 is 0 Å². The van der Waals surface area contributed by atoms with E-state index in [9.17, 15) is 0 Å². The average Bonchev–Trinajstić information content (AvgIpc) is 2.55. The van der Waals surface area contributed by atoms with E-state index in [4.69, 9.17) is 34.2 Å². The van der Waals surface area contributed by atoms with Gasteiger partial charge in [0.05, 0.1) is 52.9 Å². The summed E-state index contributed by atoms with van der Waals surface area (Å²) in [5.74, 6) is 1.25. The van der Waals surface area contributed by atoms with Crippen LogP contribution >= 0.6 is 12.4 Å². The molecule has 1 heterocycles. The van der Waals surface area contributed by atoms with Gasteiger partial charge in [-0.2, -0.15) is 0 Å². The summed E-state index contributed by atoms with van der Waals surface area (Å²) >= 11 is 0. The first kappa shape index (κ1) is 20.8. The number of nitrogens with two attached hydrogens (primary N) is 1. The van der Waals surface area contributed by atoms with E-state index in [2.05, 4.69) is 0 Å². The predicted molar refractivity (Wildman–Crippen MR) is 92.4 cm³/mol. The predicted octanol–water partition coefficient (Wildman–Crippen LogP) is 1.53. The largest absolute Gasteiger partial charge is 0.487 e. The van der Waals surface area contributed by atoms with Crippen molar-refractivity contribution in [3.8, 4) is 11.5 Å². The molecule has 24 heavy (non-hydrogen) atoms. The van der Waals surface area contributed by atoms with Gasteiger partial charge in [0.2, 0.25) is 0 Å². The Labute approximate surface area is 148 Å². The molecule has 1 aromatic rings. The quantitative estimate of drug-likeness (QED) is 0.700. The van der Waals surface area contributed by atoms with Gasteiger partial charge in [0.1, 0.15) is 13.2 Å². The van der Waals surface area contributed by atoms with E-state index in [1.807, 2.05) is 0 Å². The van der Waals surface area contributed by atoms with Crippen molar-refractivity contribution in [3.63, 3.8) is 0 Å². The molecule has 0 bridgehead atoms. The van der Waals surface area contributed by atoms with Crippen molar-refractivity contribution in [1.29, 1.82) is 0 Å². The van der Waals surface area contributed by atoms with Crippen LogP contribution in [0.5, 0.6) is 11.5 Å². The minimum absolute atomic E-state index is 0. The van der Waals surface area contributed by atoms with Crippen molar-refractivity contribution in [2.45, 2.75) is 0 Å². The summed E-state index contributed by atoms with van der Waals surface area (Å²) in [5.41, 5.74) is 6.41. The van der Waals surface area contributed by atoms with Gasteiger partial charge in [0.25, 0.3) is 0 Å². The van der Waals surface area contributed by atoms with E-state index in [-0.39, 0.29) is 12.4 Å². The highest BCUT2D eigenvalue weighted by atomic mass is 35.5. The summed E-state index contributed by atoms with van der Waals surface area (Å²) in [6, 6.07) is 5.31. The zero-order chi connectivity index (χ0) is 16.2. The Bertz CT molecular complexity index is 449. The summed E-state index contributed by atoms with van der Waals surface area (Å²) in [5, 5.41) is 0. The Morgan fingerprint density at radius 3 is 1.50 bits per heavy atom. The van der Waals surface area contributed by atoms with Gasteiger partial charge in [0, 0.05) is 11.8 Å². The lowest BCUT2D eigenvalue weighted by Gasteiger charge is -2.14. The third-order valence-electron chi connectivity index (χ3n) is 3.05. The fourth-order valence-corrected chi connectivity index (χ4v) is 1.94. The second-order valence-corrected chi connectivity index (χ2v) is 4.85. The third kappa shape index (κ3) is 8.56. The molecule has 0 atom stereocenters. The number of ether oxygens (including phenoxy) is 6. The topological polar surface area (TPSA) is 81.4 Å². The van der Waals surface area contributed by atoms with Crippen molar-refractivity contribution in [1.82, 2.24) is 0 Å². The summed E-state index contributed by atoms with van der Waals surface area (Å²) in [6.45, 7) is 5.02. The van der Waals surface area contributed by atoms with Crippen LogP contribution in [0.15, 0.2) is 18.2 Å². The van der Waals surface area contributed by atoms with E-state index >= 15 is 0 Å². The van der Waals surface area contributed by atoms with E-state index in [0.717, 1.165) is 0 Å². The number of hydrogen-bond donors (Lipinski definition) is 1. The van der Waals surface area contributed by atoms with Gasteiger partial charge >= 0.3 is 0 Å². The molecule has 7 nitrogen and oxygen atoms in total. The highest BCUT2D eigenvalue weighted by molar-refractivity contribution is 5.85. The fourth-order valence-electron chi connectivity index (χ4n) is 1.94. The van der Waals surface area contributed by atoms with Crippen molar-refractivity contribution in [2.24, 2.45) is 0 Å². The molecule has 1 aromatic carbocycles. The Morgan fingerprint density at radius 1 is 0.583 bits per heavy atom. The summed E-state index contributed by atoms with van der Waals surface area (Å²) in [4.78, 5) is 0. The normalized spacial score (nSPS) is 18.7. The molecule has 0 aromatic heterocycles. The number of halogens is 1. The number of rotatable bonds is 0. The van der Waals surface area contributed by atoms with E-state index in [1.54, 1.807) is 18.2 Å². The molecule has 1 aliphatic heterocycles. The maximum absolute atomic E-state index is 5.79. The van der Waals surface area contributed by atoms with Gasteiger partial charge < -0.3 is 34.2 Å². The first-order chi connectivity index (χ1) is 11.4. The Morgan fingerprint density at radius 2 is 1.00 bits per heavy atom. The van der Waals surface area contributed by atoms with Crippen LogP contribution in [0.25, 0.3) is 0 Å². The molecule has 2 rings (SSSR count). The van der Waals surface area contributed by atoms with Crippen LogP contribution in [0, 0.1) is 0 Å². The van der Waals surface area contributed by atoms with Crippen LogP contribution in [0.3, 0.4) is 0 Å². The Kier molecular flexibility index (Phi) is 11.3. The zero-order valence-corrected chi connectivity index (χ0v) is 14.6. The van der Waals surface area contributed by atoms with Crippen LogP contribution in [-0.2, 0) is 18.9 Å². The molecule has 138 valence electrons. The van der Waals surface area contributed by atoms with Crippen LogP contribution in [0.1, 0.15) is 0 Å². The van der Waals surface area contributed by atoms with Crippen molar-refractivity contribution in [2.75, 3.05) is 71.8 Å². The highest BCUT2D eigenvalue weighted by Crippen LogP contribution is 2.29. The zero-order valence-electron chi connectivity index (χ0n) is 13.7. The van der Waals surface area contributed by atoms with E-state index in [1.165, 1.54) is 0 Å². The summed E-state index contributed by atoms with van der Waals surface area (Å²) < 4.78 is 33.0. The minimum Gasteiger partial charge on any atom is -0.487 e. The molecule has 0 radical (unpaired) electrons. The van der Waals surface area contributed by atoms with Gasteiger partial charge in [-0.1, -0.05) is 0 Å². The molecule has 0 aliphatic carbocycles. The number of benzene rings is 1. The minimum atomic E-state index is 0. The highest BCUT2D eigenvalue weighted by Gasteiger charge is 2.06. The van der Waals surface area contributed by atoms with Gasteiger partial charge in [-0.25, -0.2) is 0 Å². The molecular weight excluding hydrogens is 338 g/mol. The standard InChI is InChI=1S/C16H25NO6.ClH/c17-14-1-2-15-16(13-14)23-12-10-21-8-6-19-4-3-18-5-7-20-9-11-22-15;/h1-2,13H,3-12,17H2;1H. The van der Waals surface area contributed by atoms with Gasteiger partial charge in [-0.3, -0.25) is 0 Å². The molecule has 0 amide bonds. The molecule has 0 saturated heterocycles. The lowest BCUT2D eigenvalue weighted by Crippen LogP contribution is -2.16. The van der Waals surface area contributed by atoms with Crippen molar-refractivity contribution < 1.29 is 28.4 Å². The number of fused-ring (bicyclic) bond motifs is 1. The average molecular weight is 364 g/mol. The lowest BCUT2D eigenvalue weighted by atomic mass is 10.3. The van der Waals surface area contributed by atoms with Crippen LogP contribution < -0.4 is 15.2 Å². The second kappa shape index (κ2) is 13.1. The van der Waals surface area contributed by atoms with Crippen LogP contribution in [-0.4, -0.2) is 66.1 Å². The maximum atomic E-state index is 5.79. The molecule has 0 fully saturated rings. The van der Waals surface area contributed by atoms with Crippen molar-refractivity contribution >= 4 is 18.1 Å². The molecule has 0 saturated carbocycles.